The maximum Gasteiger partial charge on any atom is 0.254 e. The smallest absolute Gasteiger partial charge is 0.254 e. The second-order valence-electron chi connectivity index (χ2n) is 5.50. The molecule has 2 aromatic rings. The number of carbonyl (C=O) groups is 1. The van der Waals surface area contributed by atoms with Gasteiger partial charge in [0.25, 0.3) is 5.91 Å². The van der Waals surface area contributed by atoms with Crippen LogP contribution in [0.5, 0.6) is 0 Å². The number of aromatic nitrogens is 2. The van der Waals surface area contributed by atoms with Crippen LogP contribution < -0.4 is 5.73 Å². The number of aryl methyl sites for hydroxylation is 1. The highest BCUT2D eigenvalue weighted by Crippen LogP contribution is 2.32. The highest BCUT2D eigenvalue weighted by atomic mass is 35.5. The van der Waals surface area contributed by atoms with E-state index in [4.69, 9.17) is 17.3 Å². The Morgan fingerprint density at radius 3 is 2.86 bits per heavy atom. The summed E-state index contributed by atoms with van der Waals surface area (Å²) in [4.78, 5) is 14.7. The van der Waals surface area contributed by atoms with Crippen LogP contribution in [0, 0.1) is 6.92 Å². The van der Waals surface area contributed by atoms with Crippen molar-refractivity contribution in [2.24, 2.45) is 0 Å². The van der Waals surface area contributed by atoms with Gasteiger partial charge in [0, 0.05) is 17.1 Å². The SMILES string of the molecule is Cc1ccc(Cl)cc1C(=O)N1CCCC1c1ccc(N)nn1. The van der Waals surface area contributed by atoms with Crippen molar-refractivity contribution in [2.75, 3.05) is 12.3 Å². The molecule has 1 atom stereocenters. The quantitative estimate of drug-likeness (QED) is 0.924. The van der Waals surface area contributed by atoms with E-state index in [9.17, 15) is 4.79 Å². The summed E-state index contributed by atoms with van der Waals surface area (Å²) in [5, 5.41) is 8.59. The number of rotatable bonds is 2. The van der Waals surface area contributed by atoms with Crippen LogP contribution in [0.2, 0.25) is 5.02 Å². The Bertz CT molecular complexity index is 702. The number of nitrogens with zero attached hydrogens (tertiary/aromatic N) is 3. The molecule has 1 aromatic heterocycles. The second-order valence-corrected chi connectivity index (χ2v) is 5.94. The zero-order chi connectivity index (χ0) is 15.7. The number of halogens is 1. The van der Waals surface area contributed by atoms with Crippen molar-refractivity contribution in [1.29, 1.82) is 0 Å². The van der Waals surface area contributed by atoms with E-state index >= 15 is 0 Å². The standard InChI is InChI=1S/C16H17ClN4O/c1-10-4-5-11(17)9-12(10)16(22)21-8-2-3-14(21)13-6-7-15(18)20-19-13/h4-7,9,14H,2-3,8H2,1H3,(H2,18,20). The molecule has 1 aliphatic heterocycles. The summed E-state index contributed by atoms with van der Waals surface area (Å²) in [7, 11) is 0. The molecule has 1 aromatic carbocycles. The van der Waals surface area contributed by atoms with Crippen LogP contribution in [0.1, 0.15) is 40.5 Å². The number of benzene rings is 1. The minimum absolute atomic E-state index is 0.0128. The van der Waals surface area contributed by atoms with Gasteiger partial charge >= 0.3 is 0 Å². The van der Waals surface area contributed by atoms with E-state index in [-0.39, 0.29) is 11.9 Å². The van der Waals surface area contributed by atoms with Crippen molar-refractivity contribution in [3.05, 3.63) is 52.2 Å². The molecule has 0 spiro atoms. The minimum atomic E-state index is -0.0565. The van der Waals surface area contributed by atoms with E-state index in [2.05, 4.69) is 10.2 Å². The van der Waals surface area contributed by atoms with Gasteiger partial charge in [-0.25, -0.2) is 0 Å². The number of anilines is 1. The Balaban J connectivity index is 1.91. The average Bonchev–Trinajstić information content (AvgIpc) is 2.99. The third-order valence-corrected chi connectivity index (χ3v) is 4.23. The van der Waals surface area contributed by atoms with Crippen molar-refractivity contribution in [3.63, 3.8) is 0 Å². The number of hydrogen-bond acceptors (Lipinski definition) is 4. The highest BCUT2D eigenvalue weighted by Gasteiger charge is 2.32. The lowest BCUT2D eigenvalue weighted by Crippen LogP contribution is -2.31. The van der Waals surface area contributed by atoms with Crippen LogP contribution in [0.3, 0.4) is 0 Å². The molecular formula is C16H17ClN4O. The van der Waals surface area contributed by atoms with Gasteiger partial charge in [-0.05, 0) is 49.6 Å². The first-order valence-electron chi connectivity index (χ1n) is 7.22. The van der Waals surface area contributed by atoms with E-state index in [1.54, 1.807) is 18.2 Å². The molecule has 3 rings (SSSR count). The summed E-state index contributed by atoms with van der Waals surface area (Å²) in [6.07, 6.45) is 1.83. The molecular weight excluding hydrogens is 300 g/mol. The first-order valence-corrected chi connectivity index (χ1v) is 7.60. The van der Waals surface area contributed by atoms with Gasteiger partial charge in [0.1, 0.15) is 5.82 Å². The van der Waals surface area contributed by atoms with Gasteiger partial charge in [-0.2, -0.15) is 5.10 Å². The van der Waals surface area contributed by atoms with Crippen molar-refractivity contribution < 1.29 is 4.79 Å². The van der Waals surface area contributed by atoms with E-state index in [0.29, 0.717) is 22.9 Å². The van der Waals surface area contributed by atoms with Crippen molar-refractivity contribution in [2.45, 2.75) is 25.8 Å². The molecule has 22 heavy (non-hydrogen) atoms. The molecule has 0 saturated carbocycles. The zero-order valence-corrected chi connectivity index (χ0v) is 13.0. The number of amides is 1. The topological polar surface area (TPSA) is 72.1 Å². The summed E-state index contributed by atoms with van der Waals surface area (Å²) >= 11 is 6.03. The minimum Gasteiger partial charge on any atom is -0.382 e. The van der Waals surface area contributed by atoms with Crippen LogP contribution in [0.4, 0.5) is 5.82 Å². The first-order chi connectivity index (χ1) is 10.6. The van der Waals surface area contributed by atoms with Gasteiger partial charge in [0.2, 0.25) is 0 Å². The normalized spacial score (nSPS) is 17.7. The van der Waals surface area contributed by atoms with Crippen molar-refractivity contribution >= 4 is 23.3 Å². The maximum absolute atomic E-state index is 12.9. The average molecular weight is 317 g/mol. The zero-order valence-electron chi connectivity index (χ0n) is 12.3. The molecule has 1 amide bonds. The predicted molar refractivity (Wildman–Crippen MR) is 85.6 cm³/mol. The lowest BCUT2D eigenvalue weighted by molar-refractivity contribution is 0.0731. The molecule has 0 bridgehead atoms. The molecule has 1 saturated heterocycles. The van der Waals surface area contributed by atoms with Crippen LogP contribution in [0.25, 0.3) is 0 Å². The van der Waals surface area contributed by atoms with Gasteiger partial charge in [-0.15, -0.1) is 5.10 Å². The number of nitrogen functional groups attached to an aromatic ring is 1. The van der Waals surface area contributed by atoms with Gasteiger partial charge in [-0.1, -0.05) is 17.7 Å². The van der Waals surface area contributed by atoms with Crippen LogP contribution in [-0.4, -0.2) is 27.5 Å². The third-order valence-electron chi connectivity index (χ3n) is 3.99. The second kappa shape index (κ2) is 5.93. The fraction of sp³-hybridized carbons (Fsp3) is 0.312. The molecule has 1 aliphatic rings. The van der Waals surface area contributed by atoms with Crippen LogP contribution in [0.15, 0.2) is 30.3 Å². The molecule has 1 unspecified atom stereocenters. The Hall–Kier alpha value is -2.14. The van der Waals surface area contributed by atoms with E-state index < -0.39 is 0 Å². The largest absolute Gasteiger partial charge is 0.382 e. The third kappa shape index (κ3) is 2.76. The number of likely N-dealkylation sites (tertiary alicyclic amines) is 1. The predicted octanol–water partition coefficient (Wildman–Crippen LogP) is 3.00. The van der Waals surface area contributed by atoms with Gasteiger partial charge in [-0.3, -0.25) is 4.79 Å². The number of carbonyl (C=O) groups excluding carboxylic acids is 1. The summed E-state index contributed by atoms with van der Waals surface area (Å²) in [5.41, 5.74) is 7.92. The van der Waals surface area contributed by atoms with E-state index in [1.165, 1.54) is 0 Å². The van der Waals surface area contributed by atoms with Crippen molar-refractivity contribution in [3.8, 4) is 0 Å². The molecule has 5 nitrogen and oxygen atoms in total. The van der Waals surface area contributed by atoms with Gasteiger partial charge in [0.15, 0.2) is 0 Å². The van der Waals surface area contributed by atoms with E-state index in [1.807, 2.05) is 24.0 Å². The summed E-state index contributed by atoms with van der Waals surface area (Å²) < 4.78 is 0. The molecule has 0 radical (unpaired) electrons. The molecule has 114 valence electrons. The van der Waals surface area contributed by atoms with Gasteiger partial charge in [0.05, 0.1) is 11.7 Å². The maximum atomic E-state index is 12.9. The highest BCUT2D eigenvalue weighted by molar-refractivity contribution is 6.31. The summed E-state index contributed by atoms with van der Waals surface area (Å²) in [5.74, 6) is 0.367. The Morgan fingerprint density at radius 2 is 2.14 bits per heavy atom. The monoisotopic (exact) mass is 316 g/mol. The van der Waals surface area contributed by atoms with Crippen LogP contribution >= 0.6 is 11.6 Å². The summed E-state index contributed by atoms with van der Waals surface area (Å²) in [6.45, 7) is 2.62. The molecule has 2 heterocycles. The van der Waals surface area contributed by atoms with Crippen LogP contribution in [-0.2, 0) is 0 Å². The van der Waals surface area contributed by atoms with Gasteiger partial charge < -0.3 is 10.6 Å². The number of hydrogen-bond donors (Lipinski definition) is 1. The van der Waals surface area contributed by atoms with Crippen molar-refractivity contribution in [1.82, 2.24) is 15.1 Å². The van der Waals surface area contributed by atoms with E-state index in [0.717, 1.165) is 24.1 Å². The lowest BCUT2D eigenvalue weighted by atomic mass is 10.1. The fourth-order valence-electron chi connectivity index (χ4n) is 2.83. The summed E-state index contributed by atoms with van der Waals surface area (Å²) in [6, 6.07) is 8.88. The Kier molecular flexibility index (Phi) is 3.98. The Labute approximate surface area is 134 Å². The fourth-order valence-corrected chi connectivity index (χ4v) is 3.00. The Morgan fingerprint density at radius 1 is 1.32 bits per heavy atom. The number of nitrogens with two attached hydrogens (primary N) is 1. The molecule has 1 fully saturated rings. The molecule has 6 heteroatoms. The first kappa shape index (κ1) is 14.8. The molecule has 0 aliphatic carbocycles. The molecule has 2 N–H and O–H groups in total. The lowest BCUT2D eigenvalue weighted by Gasteiger charge is -2.24.